The van der Waals surface area contributed by atoms with E-state index in [-0.39, 0.29) is 17.5 Å². The molecule has 1 aromatic heterocycles. The van der Waals surface area contributed by atoms with Crippen LogP contribution in [0.4, 0.5) is 0 Å². The minimum absolute atomic E-state index is 0.253. The highest BCUT2D eigenvalue weighted by molar-refractivity contribution is 6.06. The molecule has 1 atom stereocenters. The van der Waals surface area contributed by atoms with Crippen LogP contribution in [0.1, 0.15) is 28.9 Å². The summed E-state index contributed by atoms with van der Waals surface area (Å²) in [5.74, 6) is 1.09. The fourth-order valence-corrected chi connectivity index (χ4v) is 3.08. The van der Waals surface area contributed by atoms with E-state index in [2.05, 4.69) is 10.3 Å². The van der Waals surface area contributed by atoms with Gasteiger partial charge in [0, 0.05) is 17.0 Å². The number of rotatable bonds is 3. The van der Waals surface area contributed by atoms with Crippen molar-refractivity contribution in [1.82, 2.24) is 10.3 Å². The van der Waals surface area contributed by atoms with Crippen molar-refractivity contribution < 1.29 is 14.3 Å². The summed E-state index contributed by atoms with van der Waals surface area (Å²) < 4.78 is 11.1. The summed E-state index contributed by atoms with van der Waals surface area (Å²) in [4.78, 5) is 27.4. The first-order valence-corrected chi connectivity index (χ1v) is 8.44. The first kappa shape index (κ1) is 16.2. The van der Waals surface area contributed by atoms with E-state index in [1.54, 1.807) is 6.07 Å². The van der Waals surface area contributed by atoms with Crippen LogP contribution >= 0.6 is 0 Å². The van der Waals surface area contributed by atoms with E-state index in [9.17, 15) is 9.59 Å². The molecule has 0 bridgehead atoms. The van der Waals surface area contributed by atoms with Gasteiger partial charge in [-0.3, -0.25) is 9.59 Å². The fraction of sp³-hybridized carbons (Fsp3) is 0.200. The van der Waals surface area contributed by atoms with Crippen molar-refractivity contribution in [3.63, 3.8) is 0 Å². The molecule has 4 rings (SSSR count). The molecule has 1 aliphatic heterocycles. The number of ether oxygens (including phenoxy) is 2. The number of fused-ring (bicyclic) bond motifs is 2. The minimum atomic E-state index is -0.305. The number of benzene rings is 2. The maximum absolute atomic E-state index is 12.8. The van der Waals surface area contributed by atoms with Crippen LogP contribution in [0.25, 0.3) is 10.9 Å². The molecule has 6 heteroatoms. The number of aromatic nitrogens is 1. The lowest BCUT2D eigenvalue weighted by Crippen LogP contribution is -2.28. The third kappa shape index (κ3) is 3.01. The third-order valence-electron chi connectivity index (χ3n) is 4.41. The van der Waals surface area contributed by atoms with Gasteiger partial charge >= 0.3 is 0 Å². The summed E-state index contributed by atoms with van der Waals surface area (Å²) >= 11 is 0. The average Bonchev–Trinajstić information content (AvgIpc) is 2.66. The molecule has 132 valence electrons. The van der Waals surface area contributed by atoms with Crippen LogP contribution in [-0.2, 0) is 0 Å². The number of para-hydroxylation sites is 1. The van der Waals surface area contributed by atoms with Gasteiger partial charge in [-0.25, -0.2) is 0 Å². The van der Waals surface area contributed by atoms with Crippen molar-refractivity contribution in [2.45, 2.75) is 13.0 Å². The van der Waals surface area contributed by atoms with E-state index >= 15 is 0 Å². The molecule has 1 aliphatic rings. The predicted molar refractivity (Wildman–Crippen MR) is 97.9 cm³/mol. The van der Waals surface area contributed by atoms with Crippen LogP contribution < -0.4 is 20.3 Å². The molecule has 0 aliphatic carbocycles. The molecule has 6 nitrogen and oxygen atoms in total. The topological polar surface area (TPSA) is 80.4 Å². The van der Waals surface area contributed by atoms with Crippen molar-refractivity contribution in [2.75, 3.05) is 13.2 Å². The van der Waals surface area contributed by atoms with Gasteiger partial charge in [0.15, 0.2) is 11.5 Å². The number of nitrogens with one attached hydrogen (secondary N) is 2. The molecule has 0 saturated heterocycles. The molecule has 0 fully saturated rings. The fourth-order valence-electron chi connectivity index (χ4n) is 3.08. The number of aromatic amines is 1. The Labute approximate surface area is 149 Å². The molecular formula is C20H18N2O4. The SMILES string of the molecule is CC(NC(=O)c1cc(=O)[nH]c2ccccc12)c1ccc2c(c1)OCCO2. The monoisotopic (exact) mass is 350 g/mol. The highest BCUT2D eigenvalue weighted by Gasteiger charge is 2.18. The number of H-pyrrole nitrogens is 1. The Morgan fingerprint density at radius 2 is 1.85 bits per heavy atom. The predicted octanol–water partition coefficient (Wildman–Crippen LogP) is 2.79. The summed E-state index contributed by atoms with van der Waals surface area (Å²) in [6.45, 7) is 2.93. The van der Waals surface area contributed by atoms with Crippen molar-refractivity contribution in [3.8, 4) is 11.5 Å². The van der Waals surface area contributed by atoms with Crippen LogP contribution in [0.15, 0.2) is 53.3 Å². The van der Waals surface area contributed by atoms with Crippen molar-refractivity contribution in [3.05, 3.63) is 70.0 Å². The van der Waals surface area contributed by atoms with E-state index in [0.717, 1.165) is 5.56 Å². The largest absolute Gasteiger partial charge is 0.486 e. The first-order valence-electron chi connectivity index (χ1n) is 8.44. The van der Waals surface area contributed by atoms with Gasteiger partial charge in [0.2, 0.25) is 5.56 Å². The summed E-state index contributed by atoms with van der Waals surface area (Å²) in [6.07, 6.45) is 0. The highest BCUT2D eigenvalue weighted by atomic mass is 16.6. The Kier molecular flexibility index (Phi) is 4.08. The van der Waals surface area contributed by atoms with Crippen LogP contribution in [0.5, 0.6) is 11.5 Å². The van der Waals surface area contributed by atoms with Crippen LogP contribution in [0.2, 0.25) is 0 Å². The molecule has 3 aromatic rings. The normalized spacial score (nSPS) is 14.0. The summed E-state index contributed by atoms with van der Waals surface area (Å²) in [5, 5.41) is 3.66. The van der Waals surface area contributed by atoms with Gasteiger partial charge in [-0.1, -0.05) is 24.3 Å². The van der Waals surface area contributed by atoms with Crippen molar-refractivity contribution in [1.29, 1.82) is 0 Å². The van der Waals surface area contributed by atoms with E-state index in [4.69, 9.17) is 9.47 Å². The first-order chi connectivity index (χ1) is 12.6. The standard InChI is InChI=1S/C20H18N2O4/c1-12(13-6-7-17-18(10-13)26-9-8-25-17)21-20(24)15-11-19(23)22-16-5-3-2-4-14(15)16/h2-7,10-12H,8-9H2,1H3,(H,21,24)(H,22,23). The van der Waals surface area contributed by atoms with Crippen molar-refractivity contribution in [2.24, 2.45) is 0 Å². The van der Waals surface area contributed by atoms with Gasteiger partial charge in [-0.15, -0.1) is 0 Å². The lowest BCUT2D eigenvalue weighted by atomic mass is 10.1. The van der Waals surface area contributed by atoms with Gasteiger partial charge in [-0.05, 0) is 30.7 Å². The summed E-state index contributed by atoms with van der Waals surface area (Å²) in [6, 6.07) is 13.9. The van der Waals surface area contributed by atoms with Crippen LogP contribution in [-0.4, -0.2) is 24.1 Å². The number of hydrogen-bond donors (Lipinski definition) is 2. The zero-order chi connectivity index (χ0) is 18.1. The van der Waals surface area contributed by atoms with E-state index in [1.807, 2.05) is 43.3 Å². The average molecular weight is 350 g/mol. The Morgan fingerprint density at radius 3 is 2.69 bits per heavy atom. The molecule has 26 heavy (non-hydrogen) atoms. The summed E-state index contributed by atoms with van der Waals surface area (Å²) in [5.41, 5.74) is 1.59. The van der Waals surface area contributed by atoms with E-state index in [0.29, 0.717) is 41.2 Å². The number of carbonyl (C=O) groups excluding carboxylic acids is 1. The lowest BCUT2D eigenvalue weighted by Gasteiger charge is -2.21. The Balaban J connectivity index is 1.61. The Morgan fingerprint density at radius 1 is 1.08 bits per heavy atom. The zero-order valence-corrected chi connectivity index (χ0v) is 14.2. The number of amides is 1. The Hall–Kier alpha value is -3.28. The molecule has 2 N–H and O–H groups in total. The van der Waals surface area contributed by atoms with Gasteiger partial charge in [0.05, 0.1) is 11.6 Å². The van der Waals surface area contributed by atoms with Gasteiger partial charge in [-0.2, -0.15) is 0 Å². The quantitative estimate of drug-likeness (QED) is 0.761. The van der Waals surface area contributed by atoms with E-state index in [1.165, 1.54) is 6.07 Å². The third-order valence-corrected chi connectivity index (χ3v) is 4.41. The van der Waals surface area contributed by atoms with Crippen LogP contribution in [0.3, 0.4) is 0 Å². The molecule has 0 spiro atoms. The summed E-state index contributed by atoms with van der Waals surface area (Å²) in [7, 11) is 0. The van der Waals surface area contributed by atoms with Crippen LogP contribution in [0, 0.1) is 0 Å². The second kappa shape index (κ2) is 6.55. The lowest BCUT2D eigenvalue weighted by molar-refractivity contribution is 0.0941. The molecule has 2 aromatic carbocycles. The molecule has 1 unspecified atom stereocenters. The number of hydrogen-bond acceptors (Lipinski definition) is 4. The zero-order valence-electron chi connectivity index (χ0n) is 14.2. The Bertz CT molecular complexity index is 1040. The maximum atomic E-state index is 12.8. The van der Waals surface area contributed by atoms with E-state index < -0.39 is 0 Å². The van der Waals surface area contributed by atoms with Crippen molar-refractivity contribution >= 4 is 16.8 Å². The smallest absolute Gasteiger partial charge is 0.252 e. The van der Waals surface area contributed by atoms with Gasteiger partial charge < -0.3 is 19.8 Å². The second-order valence-electron chi connectivity index (χ2n) is 6.19. The molecule has 2 heterocycles. The number of pyridine rings is 1. The second-order valence-corrected chi connectivity index (χ2v) is 6.19. The van der Waals surface area contributed by atoms with Gasteiger partial charge in [0.1, 0.15) is 13.2 Å². The molecule has 0 saturated carbocycles. The highest BCUT2D eigenvalue weighted by Crippen LogP contribution is 2.32. The maximum Gasteiger partial charge on any atom is 0.252 e. The number of carbonyl (C=O) groups is 1. The molecular weight excluding hydrogens is 332 g/mol. The molecule has 1 amide bonds. The van der Waals surface area contributed by atoms with Gasteiger partial charge in [0.25, 0.3) is 5.91 Å². The molecule has 0 radical (unpaired) electrons. The minimum Gasteiger partial charge on any atom is -0.486 e.